The Morgan fingerprint density at radius 2 is 1.87 bits per heavy atom. The van der Waals surface area contributed by atoms with Crippen LogP contribution in [0.15, 0.2) is 15.5 Å². The van der Waals surface area contributed by atoms with Gasteiger partial charge in [0.25, 0.3) is 5.56 Å². The summed E-state index contributed by atoms with van der Waals surface area (Å²) in [6, 6.07) is -0.0738. The number of nitrogens with one attached hydrogen (secondary N) is 1. The van der Waals surface area contributed by atoms with E-state index >= 15 is 0 Å². The molecule has 1 N–H and O–H groups in total. The maximum Gasteiger partial charge on any atom is 0.312 e. The third-order valence-electron chi connectivity index (χ3n) is 3.58. The molecule has 1 aliphatic heterocycles. The summed E-state index contributed by atoms with van der Waals surface area (Å²) in [6.07, 6.45) is 1.62. The third kappa shape index (κ3) is 3.90. The Labute approximate surface area is 142 Å². The molecule has 0 unspecified atom stereocenters. The number of halogens is 1. The predicted molar refractivity (Wildman–Crippen MR) is 89.2 cm³/mol. The van der Waals surface area contributed by atoms with Crippen LogP contribution in [-0.4, -0.2) is 58.7 Å². The van der Waals surface area contributed by atoms with Gasteiger partial charge in [0.2, 0.25) is 0 Å². The first-order chi connectivity index (χ1) is 10.8. The normalized spacial score (nSPS) is 15.0. The SMILES string of the molecule is CC(C)NC(=O)C(=O)N1CCN(c2cnn(C)c(=O)c2Br)CC1. The number of rotatable bonds is 2. The Morgan fingerprint density at radius 3 is 2.43 bits per heavy atom. The quantitative estimate of drug-likeness (QED) is 0.707. The summed E-state index contributed by atoms with van der Waals surface area (Å²) in [5.41, 5.74) is 0.490. The predicted octanol–water partition coefficient (Wildman–Crippen LogP) is -0.284. The number of anilines is 1. The van der Waals surface area contributed by atoms with Crippen LogP contribution < -0.4 is 15.8 Å². The van der Waals surface area contributed by atoms with Gasteiger partial charge in [-0.2, -0.15) is 5.10 Å². The fraction of sp³-hybridized carbons (Fsp3) is 0.571. The van der Waals surface area contributed by atoms with Gasteiger partial charge in [-0.1, -0.05) is 0 Å². The van der Waals surface area contributed by atoms with E-state index in [9.17, 15) is 14.4 Å². The Balaban J connectivity index is 2.02. The minimum Gasteiger partial charge on any atom is -0.366 e. The van der Waals surface area contributed by atoms with E-state index in [1.54, 1.807) is 13.2 Å². The number of nitrogens with zero attached hydrogens (tertiary/aromatic N) is 4. The number of aryl methyl sites for hydroxylation is 1. The van der Waals surface area contributed by atoms with Crippen LogP contribution in [-0.2, 0) is 16.6 Å². The summed E-state index contributed by atoms with van der Waals surface area (Å²) in [7, 11) is 1.58. The minimum absolute atomic E-state index is 0.0738. The second-order valence-corrected chi connectivity index (χ2v) is 6.47. The molecule has 8 nitrogen and oxygen atoms in total. The Kier molecular flexibility index (Phi) is 5.40. The van der Waals surface area contributed by atoms with Crippen molar-refractivity contribution in [3.8, 4) is 0 Å². The standard InChI is InChI=1S/C14H20BrN5O3/c1-9(2)17-12(21)14(23)20-6-4-19(5-7-20)10-8-16-18(3)13(22)11(10)15/h8-9H,4-7H2,1-3H3,(H,17,21). The summed E-state index contributed by atoms with van der Waals surface area (Å²) in [5.74, 6) is -1.09. The van der Waals surface area contributed by atoms with Crippen molar-refractivity contribution in [3.63, 3.8) is 0 Å². The van der Waals surface area contributed by atoms with Gasteiger partial charge in [0.05, 0.1) is 11.9 Å². The van der Waals surface area contributed by atoms with Crippen LogP contribution in [0.25, 0.3) is 0 Å². The number of carbonyl (C=O) groups excluding carboxylic acids is 2. The van der Waals surface area contributed by atoms with Gasteiger partial charge in [0.15, 0.2) is 0 Å². The van der Waals surface area contributed by atoms with E-state index in [2.05, 4.69) is 26.3 Å². The maximum absolute atomic E-state index is 12.1. The highest BCUT2D eigenvalue weighted by atomic mass is 79.9. The topological polar surface area (TPSA) is 87.5 Å². The molecule has 0 radical (unpaired) electrons. The molecule has 2 amide bonds. The number of piperazine rings is 1. The van der Waals surface area contributed by atoms with E-state index in [1.807, 2.05) is 18.7 Å². The monoisotopic (exact) mass is 385 g/mol. The number of aromatic nitrogens is 2. The minimum atomic E-state index is -0.579. The highest BCUT2D eigenvalue weighted by molar-refractivity contribution is 9.10. The van der Waals surface area contributed by atoms with Gasteiger partial charge in [-0.15, -0.1) is 0 Å². The molecule has 23 heavy (non-hydrogen) atoms. The van der Waals surface area contributed by atoms with Gasteiger partial charge in [-0.05, 0) is 29.8 Å². The lowest BCUT2D eigenvalue weighted by molar-refractivity contribution is -0.146. The van der Waals surface area contributed by atoms with E-state index < -0.39 is 11.8 Å². The number of amides is 2. The first-order valence-electron chi connectivity index (χ1n) is 7.37. The average Bonchev–Trinajstić information content (AvgIpc) is 2.52. The molecule has 126 valence electrons. The van der Waals surface area contributed by atoms with Crippen LogP contribution in [0.2, 0.25) is 0 Å². The average molecular weight is 386 g/mol. The zero-order chi connectivity index (χ0) is 17.1. The second kappa shape index (κ2) is 7.12. The Bertz CT molecular complexity index is 665. The molecular formula is C14H20BrN5O3. The zero-order valence-corrected chi connectivity index (χ0v) is 15.0. The van der Waals surface area contributed by atoms with Gasteiger partial charge < -0.3 is 15.1 Å². The summed E-state index contributed by atoms with van der Waals surface area (Å²) >= 11 is 3.30. The largest absolute Gasteiger partial charge is 0.366 e. The first-order valence-corrected chi connectivity index (χ1v) is 8.17. The van der Waals surface area contributed by atoms with Gasteiger partial charge in [-0.25, -0.2) is 4.68 Å². The Morgan fingerprint density at radius 1 is 1.26 bits per heavy atom. The molecule has 0 atom stereocenters. The zero-order valence-electron chi connectivity index (χ0n) is 13.4. The molecule has 2 heterocycles. The van der Waals surface area contributed by atoms with Crippen LogP contribution in [0, 0.1) is 0 Å². The van der Waals surface area contributed by atoms with E-state index in [0.29, 0.717) is 36.3 Å². The van der Waals surface area contributed by atoms with Crippen molar-refractivity contribution in [1.29, 1.82) is 0 Å². The van der Waals surface area contributed by atoms with Crippen LogP contribution in [0.3, 0.4) is 0 Å². The fourth-order valence-electron chi connectivity index (χ4n) is 2.34. The maximum atomic E-state index is 12.1. The molecule has 2 rings (SSSR count). The lowest BCUT2D eigenvalue weighted by Gasteiger charge is -2.35. The fourth-order valence-corrected chi connectivity index (χ4v) is 2.95. The van der Waals surface area contributed by atoms with E-state index in [4.69, 9.17) is 0 Å². The first kappa shape index (κ1) is 17.5. The van der Waals surface area contributed by atoms with Crippen molar-refractivity contribution in [2.45, 2.75) is 19.9 Å². The molecule has 0 saturated carbocycles. The molecule has 0 aliphatic carbocycles. The third-order valence-corrected chi connectivity index (χ3v) is 4.33. The molecule has 1 aromatic heterocycles. The molecule has 0 spiro atoms. The summed E-state index contributed by atoms with van der Waals surface area (Å²) in [4.78, 5) is 39.2. The lowest BCUT2D eigenvalue weighted by atomic mass is 10.2. The Hall–Kier alpha value is -1.90. The van der Waals surface area contributed by atoms with Crippen molar-refractivity contribution in [3.05, 3.63) is 21.0 Å². The van der Waals surface area contributed by atoms with Crippen LogP contribution >= 0.6 is 15.9 Å². The van der Waals surface area contributed by atoms with E-state index in [0.717, 1.165) is 0 Å². The van der Waals surface area contributed by atoms with Crippen molar-refractivity contribution >= 4 is 33.4 Å². The van der Waals surface area contributed by atoms with Crippen LogP contribution in [0.4, 0.5) is 5.69 Å². The van der Waals surface area contributed by atoms with E-state index in [1.165, 1.54) is 9.58 Å². The van der Waals surface area contributed by atoms with Crippen LogP contribution in [0.5, 0.6) is 0 Å². The molecule has 1 fully saturated rings. The lowest BCUT2D eigenvalue weighted by Crippen LogP contribution is -2.53. The number of carbonyl (C=O) groups is 2. The number of hydrogen-bond donors (Lipinski definition) is 1. The summed E-state index contributed by atoms with van der Waals surface area (Å²) in [5, 5.41) is 6.62. The smallest absolute Gasteiger partial charge is 0.312 e. The van der Waals surface area contributed by atoms with Gasteiger partial charge in [0, 0.05) is 39.3 Å². The van der Waals surface area contributed by atoms with Crippen LogP contribution in [0.1, 0.15) is 13.8 Å². The van der Waals surface area contributed by atoms with E-state index in [-0.39, 0.29) is 11.6 Å². The van der Waals surface area contributed by atoms with Gasteiger partial charge in [0.1, 0.15) is 4.47 Å². The number of hydrogen-bond acceptors (Lipinski definition) is 5. The van der Waals surface area contributed by atoms with Crippen molar-refractivity contribution in [2.75, 3.05) is 31.1 Å². The highest BCUT2D eigenvalue weighted by Crippen LogP contribution is 2.22. The molecule has 9 heteroatoms. The second-order valence-electron chi connectivity index (χ2n) is 5.68. The molecular weight excluding hydrogens is 366 g/mol. The molecule has 0 bridgehead atoms. The molecule has 1 aromatic rings. The van der Waals surface area contributed by atoms with Crippen molar-refractivity contribution in [1.82, 2.24) is 20.0 Å². The van der Waals surface area contributed by atoms with Crippen molar-refractivity contribution < 1.29 is 9.59 Å². The summed E-state index contributed by atoms with van der Waals surface area (Å²) in [6.45, 7) is 5.54. The highest BCUT2D eigenvalue weighted by Gasteiger charge is 2.27. The van der Waals surface area contributed by atoms with Crippen molar-refractivity contribution in [2.24, 2.45) is 7.05 Å². The van der Waals surface area contributed by atoms with Gasteiger partial charge in [-0.3, -0.25) is 14.4 Å². The van der Waals surface area contributed by atoms with Gasteiger partial charge >= 0.3 is 11.8 Å². The summed E-state index contributed by atoms with van der Waals surface area (Å²) < 4.78 is 1.70. The molecule has 1 saturated heterocycles. The molecule has 1 aliphatic rings. The molecule has 0 aromatic carbocycles.